The fourth-order valence-corrected chi connectivity index (χ4v) is 9.11. The number of fused-ring (bicyclic) bond motifs is 5. The normalized spacial score (nSPS) is 42.8. The highest BCUT2D eigenvalue weighted by molar-refractivity contribution is 5.82. The van der Waals surface area contributed by atoms with Crippen molar-refractivity contribution < 1.29 is 14.6 Å². The molecule has 4 fully saturated rings. The van der Waals surface area contributed by atoms with Gasteiger partial charge in [0.05, 0.1) is 18.4 Å². The molecule has 4 saturated carbocycles. The minimum absolute atomic E-state index is 0.112. The van der Waals surface area contributed by atoms with Gasteiger partial charge in [-0.15, -0.1) is 0 Å². The molecule has 0 unspecified atom stereocenters. The van der Waals surface area contributed by atoms with Crippen molar-refractivity contribution in [3.8, 4) is 0 Å². The smallest absolute Gasteiger partial charge is 0.159 e. The minimum Gasteiger partial charge on any atom is -0.390 e. The Morgan fingerprint density at radius 1 is 1.09 bits per heavy atom. The van der Waals surface area contributed by atoms with Gasteiger partial charge in [-0.2, -0.15) is 15.0 Å². The fourth-order valence-electron chi connectivity index (χ4n) is 9.11. The van der Waals surface area contributed by atoms with Crippen molar-refractivity contribution in [3.63, 3.8) is 0 Å². The van der Waals surface area contributed by atoms with Crippen LogP contribution >= 0.6 is 0 Å². The molecule has 5 rings (SSSR count). The lowest BCUT2D eigenvalue weighted by molar-refractivity contribution is -0.151. The lowest BCUT2D eigenvalue weighted by atomic mass is 9.44. The molecule has 1 aromatic rings. The summed E-state index contributed by atoms with van der Waals surface area (Å²) < 4.78 is 5.66. The van der Waals surface area contributed by atoms with Crippen LogP contribution in [0.25, 0.3) is 0 Å². The Kier molecular flexibility index (Phi) is 6.93. The van der Waals surface area contributed by atoms with E-state index in [1.54, 1.807) is 11.0 Å². The third kappa shape index (κ3) is 4.63. The highest BCUT2D eigenvalue weighted by atomic mass is 16.5. The van der Waals surface area contributed by atoms with Crippen molar-refractivity contribution in [1.29, 1.82) is 0 Å². The highest BCUT2D eigenvalue weighted by Crippen LogP contribution is 2.68. The Morgan fingerprint density at radius 2 is 1.89 bits per heavy atom. The molecule has 0 saturated heterocycles. The van der Waals surface area contributed by atoms with Gasteiger partial charge in [-0.3, -0.25) is 4.79 Å². The molecule has 0 aromatic carbocycles. The molecule has 0 amide bonds. The van der Waals surface area contributed by atoms with Crippen molar-refractivity contribution in [3.05, 3.63) is 11.9 Å². The van der Waals surface area contributed by atoms with Crippen LogP contribution in [0.3, 0.4) is 0 Å². The summed E-state index contributed by atoms with van der Waals surface area (Å²) in [5.74, 6) is 3.25. The van der Waals surface area contributed by atoms with E-state index < -0.39 is 5.60 Å². The first-order chi connectivity index (χ1) is 16.7. The van der Waals surface area contributed by atoms with Crippen molar-refractivity contribution in [1.82, 2.24) is 15.0 Å². The Hall–Kier alpha value is -1.27. The number of ether oxygens (including phenoxy) is 1. The molecule has 1 aromatic heterocycles. The highest BCUT2D eigenvalue weighted by Gasteiger charge is 2.61. The molecule has 35 heavy (non-hydrogen) atoms. The Bertz CT molecular complexity index is 913. The first-order valence-corrected chi connectivity index (χ1v) is 14.4. The third-order valence-electron chi connectivity index (χ3n) is 11.1. The van der Waals surface area contributed by atoms with E-state index in [1.807, 2.05) is 6.92 Å². The maximum atomic E-state index is 13.5. The number of aliphatic hydroxyl groups is 1. The molecule has 1 N–H and O–H groups in total. The second kappa shape index (κ2) is 9.55. The molecule has 0 aliphatic heterocycles. The van der Waals surface area contributed by atoms with Crippen molar-refractivity contribution in [2.75, 3.05) is 6.61 Å². The van der Waals surface area contributed by atoms with Gasteiger partial charge < -0.3 is 9.84 Å². The summed E-state index contributed by atoms with van der Waals surface area (Å²) >= 11 is 0. The van der Waals surface area contributed by atoms with Gasteiger partial charge in [0.15, 0.2) is 5.78 Å². The van der Waals surface area contributed by atoms with E-state index in [0.717, 1.165) is 69.1 Å². The van der Waals surface area contributed by atoms with E-state index in [9.17, 15) is 9.90 Å². The monoisotopic (exact) mass is 485 g/mol. The molecule has 196 valence electrons. The summed E-state index contributed by atoms with van der Waals surface area (Å²) in [6.07, 6.45) is 14.1. The molecule has 0 bridgehead atoms. The van der Waals surface area contributed by atoms with Gasteiger partial charge in [-0.05, 0) is 106 Å². The molecule has 8 atom stereocenters. The molecule has 0 radical (unpaired) electrons. The van der Waals surface area contributed by atoms with Crippen LogP contribution in [-0.2, 0) is 22.7 Å². The van der Waals surface area contributed by atoms with E-state index in [2.05, 4.69) is 31.0 Å². The molecule has 1 heterocycles. The zero-order valence-corrected chi connectivity index (χ0v) is 22.5. The Balaban J connectivity index is 1.23. The summed E-state index contributed by atoms with van der Waals surface area (Å²) in [7, 11) is 0. The minimum atomic E-state index is -0.479. The summed E-state index contributed by atoms with van der Waals surface area (Å²) in [5, 5.41) is 19.6. The topological polar surface area (TPSA) is 77.2 Å². The molecule has 6 heteroatoms. The lowest BCUT2D eigenvalue weighted by Crippen LogP contribution is -2.55. The van der Waals surface area contributed by atoms with Crippen molar-refractivity contribution in [2.45, 2.75) is 117 Å². The number of carbonyl (C=O) groups is 1. The standard InChI is InChI=1S/C29H47N3O3/c1-5-6-15-35-19-21-17-30-32(31-21)18-26(33)25-10-9-23-22-8-7-20-16-27(2,34)13-14-28(20,3)24(22)11-12-29(23,25)4/h17,20,22-25,34H,5-16,18-19H2,1-4H3/t20-,22+,23+,24+,25-,27-,28+,29+/m1/s1. The van der Waals surface area contributed by atoms with Crippen molar-refractivity contribution >= 4 is 5.78 Å². The number of ketones is 1. The zero-order chi connectivity index (χ0) is 24.8. The van der Waals surface area contributed by atoms with Crippen LogP contribution in [0.5, 0.6) is 0 Å². The molecule has 6 nitrogen and oxygen atoms in total. The number of Topliss-reactive ketones (excluding diaryl/α,β-unsaturated/α-hetero) is 1. The molecular weight excluding hydrogens is 438 g/mol. The van der Waals surface area contributed by atoms with E-state index >= 15 is 0 Å². The van der Waals surface area contributed by atoms with Crippen LogP contribution in [0.2, 0.25) is 0 Å². The van der Waals surface area contributed by atoms with Crippen LogP contribution in [-0.4, -0.2) is 38.1 Å². The molecular formula is C29H47N3O3. The van der Waals surface area contributed by atoms with Gasteiger partial charge in [0.25, 0.3) is 0 Å². The van der Waals surface area contributed by atoms with Gasteiger partial charge in [-0.25, -0.2) is 0 Å². The van der Waals surface area contributed by atoms with Crippen LogP contribution in [0.4, 0.5) is 0 Å². The zero-order valence-electron chi connectivity index (χ0n) is 22.5. The SMILES string of the molecule is CCCCOCc1cnn(CC(=O)[C@H]2CC[C@H]3[C@@H]4CC[C@@H]5C[C@](C)(O)CC[C@]5(C)[C@H]4CC[C@]23C)n1. The number of hydrogen-bond donors (Lipinski definition) is 1. The number of rotatable bonds is 8. The van der Waals surface area contributed by atoms with Crippen LogP contribution in [0.1, 0.15) is 104 Å². The van der Waals surface area contributed by atoms with Gasteiger partial charge >= 0.3 is 0 Å². The average Bonchev–Trinajstić information content (AvgIpc) is 3.40. The Morgan fingerprint density at radius 3 is 2.69 bits per heavy atom. The molecule has 4 aliphatic rings. The quantitative estimate of drug-likeness (QED) is 0.487. The number of nitrogens with zero attached hydrogens (tertiary/aromatic N) is 3. The summed E-state index contributed by atoms with van der Waals surface area (Å²) in [6, 6.07) is 0. The summed E-state index contributed by atoms with van der Waals surface area (Å²) in [5.41, 5.74) is 0.804. The fraction of sp³-hybridized carbons (Fsp3) is 0.897. The Labute approximate surface area is 211 Å². The first kappa shape index (κ1) is 25.4. The van der Waals surface area contributed by atoms with E-state index in [1.165, 1.54) is 25.7 Å². The molecule has 0 spiro atoms. The van der Waals surface area contributed by atoms with Gasteiger partial charge in [0.2, 0.25) is 0 Å². The predicted octanol–water partition coefficient (Wildman–Crippen LogP) is 5.57. The van der Waals surface area contributed by atoms with Crippen molar-refractivity contribution in [2.24, 2.45) is 40.4 Å². The van der Waals surface area contributed by atoms with Gasteiger partial charge in [-0.1, -0.05) is 27.2 Å². The number of hydrogen-bond acceptors (Lipinski definition) is 5. The van der Waals surface area contributed by atoms with E-state index in [0.29, 0.717) is 29.6 Å². The van der Waals surface area contributed by atoms with Crippen LogP contribution in [0, 0.1) is 40.4 Å². The maximum absolute atomic E-state index is 13.5. The largest absolute Gasteiger partial charge is 0.390 e. The predicted molar refractivity (Wildman–Crippen MR) is 135 cm³/mol. The second-order valence-electron chi connectivity index (χ2n) is 13.3. The summed E-state index contributed by atoms with van der Waals surface area (Å²) in [6.45, 7) is 10.6. The number of aromatic nitrogens is 3. The second-order valence-corrected chi connectivity index (χ2v) is 13.3. The first-order valence-electron chi connectivity index (χ1n) is 14.4. The van der Waals surface area contributed by atoms with Crippen LogP contribution in [0.15, 0.2) is 6.20 Å². The average molecular weight is 486 g/mol. The maximum Gasteiger partial charge on any atom is 0.159 e. The molecule has 4 aliphatic carbocycles. The van der Waals surface area contributed by atoms with Gasteiger partial charge in [0, 0.05) is 12.5 Å². The van der Waals surface area contributed by atoms with Crippen LogP contribution < -0.4 is 0 Å². The van der Waals surface area contributed by atoms with E-state index in [-0.39, 0.29) is 17.9 Å². The lowest BCUT2D eigenvalue weighted by Gasteiger charge is -2.61. The number of unbranched alkanes of at least 4 members (excludes halogenated alkanes) is 1. The van der Waals surface area contributed by atoms with Gasteiger partial charge in [0.1, 0.15) is 12.2 Å². The van der Waals surface area contributed by atoms with E-state index in [4.69, 9.17) is 4.74 Å². The number of carbonyl (C=O) groups excluding carboxylic acids is 1. The third-order valence-corrected chi connectivity index (χ3v) is 11.1. The summed E-state index contributed by atoms with van der Waals surface area (Å²) in [4.78, 5) is 15.1.